The molecule has 0 radical (unpaired) electrons. The summed E-state index contributed by atoms with van der Waals surface area (Å²) >= 11 is 1.54. The molecule has 0 saturated heterocycles. The number of nitrogens with one attached hydrogen (secondary N) is 1. The Morgan fingerprint density at radius 2 is 2.38 bits per heavy atom. The van der Waals surface area contributed by atoms with Crippen LogP contribution in [0.1, 0.15) is 19.6 Å². The van der Waals surface area contributed by atoms with Gasteiger partial charge in [0.15, 0.2) is 0 Å². The number of carbonyl (C=O) groups excluding carboxylic acids is 1. The molecule has 1 rings (SSSR count). The third kappa shape index (κ3) is 5.82. The SMILES string of the molecule is CC(C)(N)CSCC(=O)NCc1ccco1. The standard InChI is InChI=1S/C11H18N2O2S/c1-11(2,12)8-16-7-10(14)13-6-9-4-3-5-15-9/h3-5H,6-8,12H2,1-2H3,(H,13,14). The fourth-order valence-corrected chi connectivity index (χ4v) is 1.97. The van der Waals surface area contributed by atoms with E-state index in [1.54, 1.807) is 12.3 Å². The number of carbonyl (C=O) groups is 1. The normalized spacial score (nSPS) is 11.4. The molecule has 1 amide bonds. The van der Waals surface area contributed by atoms with E-state index < -0.39 is 0 Å². The molecule has 4 nitrogen and oxygen atoms in total. The van der Waals surface area contributed by atoms with Gasteiger partial charge in [0.25, 0.3) is 0 Å². The van der Waals surface area contributed by atoms with Gasteiger partial charge in [-0.15, -0.1) is 0 Å². The fourth-order valence-electron chi connectivity index (χ4n) is 1.06. The minimum atomic E-state index is -0.230. The van der Waals surface area contributed by atoms with Crippen molar-refractivity contribution < 1.29 is 9.21 Å². The lowest BCUT2D eigenvalue weighted by molar-refractivity contribution is -0.118. The summed E-state index contributed by atoms with van der Waals surface area (Å²) in [6, 6.07) is 3.63. The van der Waals surface area contributed by atoms with Gasteiger partial charge in [0.1, 0.15) is 5.76 Å². The van der Waals surface area contributed by atoms with Crippen LogP contribution in [0.5, 0.6) is 0 Å². The zero-order valence-corrected chi connectivity index (χ0v) is 10.5. The lowest BCUT2D eigenvalue weighted by atomic mass is 10.1. The van der Waals surface area contributed by atoms with Gasteiger partial charge in [0.05, 0.1) is 18.6 Å². The smallest absolute Gasteiger partial charge is 0.230 e. The molecule has 1 aromatic rings. The Morgan fingerprint density at radius 3 is 2.94 bits per heavy atom. The molecular weight excluding hydrogens is 224 g/mol. The Morgan fingerprint density at radius 1 is 1.62 bits per heavy atom. The molecule has 5 heteroatoms. The van der Waals surface area contributed by atoms with Crippen LogP contribution in [-0.2, 0) is 11.3 Å². The largest absolute Gasteiger partial charge is 0.467 e. The summed E-state index contributed by atoms with van der Waals surface area (Å²) in [4.78, 5) is 11.4. The van der Waals surface area contributed by atoms with Crippen molar-refractivity contribution in [2.75, 3.05) is 11.5 Å². The van der Waals surface area contributed by atoms with Crippen molar-refractivity contribution in [2.24, 2.45) is 5.73 Å². The molecule has 0 bridgehead atoms. The Hall–Kier alpha value is -0.940. The highest BCUT2D eigenvalue weighted by Gasteiger charge is 2.11. The van der Waals surface area contributed by atoms with E-state index in [1.165, 1.54) is 11.8 Å². The molecule has 0 atom stereocenters. The zero-order valence-electron chi connectivity index (χ0n) is 9.66. The van der Waals surface area contributed by atoms with E-state index in [0.29, 0.717) is 12.3 Å². The van der Waals surface area contributed by atoms with Crippen molar-refractivity contribution in [1.29, 1.82) is 0 Å². The Kier molecular flexibility index (Phi) is 4.89. The predicted molar refractivity (Wildman–Crippen MR) is 66.1 cm³/mol. The maximum Gasteiger partial charge on any atom is 0.230 e. The first-order chi connectivity index (χ1) is 7.47. The summed E-state index contributed by atoms with van der Waals surface area (Å²) < 4.78 is 5.10. The number of hydrogen-bond donors (Lipinski definition) is 2. The van der Waals surface area contributed by atoms with Crippen LogP contribution >= 0.6 is 11.8 Å². The summed E-state index contributed by atoms with van der Waals surface area (Å²) in [5.41, 5.74) is 5.58. The van der Waals surface area contributed by atoms with Crippen molar-refractivity contribution in [2.45, 2.75) is 25.9 Å². The van der Waals surface area contributed by atoms with E-state index in [4.69, 9.17) is 10.2 Å². The molecule has 0 aromatic carbocycles. The van der Waals surface area contributed by atoms with Crippen molar-refractivity contribution in [3.05, 3.63) is 24.2 Å². The van der Waals surface area contributed by atoms with Gasteiger partial charge in [0, 0.05) is 11.3 Å². The van der Waals surface area contributed by atoms with Crippen LogP contribution in [0, 0.1) is 0 Å². The second-order valence-electron chi connectivity index (χ2n) is 4.34. The summed E-state index contributed by atoms with van der Waals surface area (Å²) in [6.45, 7) is 4.33. The summed E-state index contributed by atoms with van der Waals surface area (Å²) in [6.07, 6.45) is 1.59. The molecule has 1 aromatic heterocycles. The van der Waals surface area contributed by atoms with Crippen LogP contribution in [0.2, 0.25) is 0 Å². The maximum atomic E-state index is 11.4. The van der Waals surface area contributed by atoms with Crippen LogP contribution in [0.15, 0.2) is 22.8 Å². The first-order valence-corrected chi connectivity index (χ1v) is 6.28. The first-order valence-electron chi connectivity index (χ1n) is 5.13. The fraction of sp³-hybridized carbons (Fsp3) is 0.545. The second-order valence-corrected chi connectivity index (χ2v) is 5.32. The predicted octanol–water partition coefficient (Wildman–Crippen LogP) is 1.37. The second kappa shape index (κ2) is 5.96. The zero-order chi connectivity index (χ0) is 12.0. The van der Waals surface area contributed by atoms with Crippen LogP contribution in [-0.4, -0.2) is 23.0 Å². The number of thioether (sulfide) groups is 1. The quantitative estimate of drug-likeness (QED) is 0.790. The summed E-state index contributed by atoms with van der Waals surface area (Å²) in [7, 11) is 0. The molecule has 3 N–H and O–H groups in total. The molecule has 0 spiro atoms. The van der Waals surface area contributed by atoms with Gasteiger partial charge in [-0.2, -0.15) is 11.8 Å². The summed E-state index contributed by atoms with van der Waals surface area (Å²) in [5, 5.41) is 2.78. The van der Waals surface area contributed by atoms with E-state index in [1.807, 2.05) is 19.9 Å². The Bertz CT molecular complexity index is 317. The average Bonchev–Trinajstić information content (AvgIpc) is 2.65. The first kappa shape index (κ1) is 13.1. The molecule has 0 aliphatic heterocycles. The van der Waals surface area contributed by atoms with Crippen molar-refractivity contribution in [1.82, 2.24) is 5.32 Å². The number of hydrogen-bond acceptors (Lipinski definition) is 4. The van der Waals surface area contributed by atoms with Gasteiger partial charge in [-0.1, -0.05) is 0 Å². The minimum absolute atomic E-state index is 0.00523. The van der Waals surface area contributed by atoms with Crippen LogP contribution in [0.3, 0.4) is 0 Å². The number of furan rings is 1. The van der Waals surface area contributed by atoms with Crippen LogP contribution in [0.25, 0.3) is 0 Å². The van der Waals surface area contributed by atoms with E-state index in [-0.39, 0.29) is 11.4 Å². The van der Waals surface area contributed by atoms with Gasteiger partial charge in [-0.05, 0) is 26.0 Å². The highest BCUT2D eigenvalue weighted by Crippen LogP contribution is 2.09. The number of rotatable bonds is 6. The van der Waals surface area contributed by atoms with Crippen molar-refractivity contribution in [3.8, 4) is 0 Å². The molecular formula is C11H18N2O2S. The summed E-state index contributed by atoms with van der Waals surface area (Å²) in [5.74, 6) is 1.96. The van der Waals surface area contributed by atoms with E-state index in [2.05, 4.69) is 5.32 Å². The highest BCUT2D eigenvalue weighted by molar-refractivity contribution is 8.00. The lowest BCUT2D eigenvalue weighted by Crippen LogP contribution is -2.35. The monoisotopic (exact) mass is 242 g/mol. The van der Waals surface area contributed by atoms with E-state index >= 15 is 0 Å². The molecule has 1 heterocycles. The Balaban J connectivity index is 2.12. The molecule has 0 aliphatic carbocycles. The van der Waals surface area contributed by atoms with Crippen LogP contribution in [0.4, 0.5) is 0 Å². The lowest BCUT2D eigenvalue weighted by Gasteiger charge is -2.17. The third-order valence-electron chi connectivity index (χ3n) is 1.75. The van der Waals surface area contributed by atoms with Crippen LogP contribution < -0.4 is 11.1 Å². The molecule has 0 aliphatic rings. The molecule has 0 saturated carbocycles. The number of amides is 1. The molecule has 0 unspecified atom stereocenters. The average molecular weight is 242 g/mol. The van der Waals surface area contributed by atoms with Gasteiger partial charge in [-0.25, -0.2) is 0 Å². The van der Waals surface area contributed by atoms with E-state index in [0.717, 1.165) is 11.5 Å². The van der Waals surface area contributed by atoms with Gasteiger partial charge < -0.3 is 15.5 Å². The maximum absolute atomic E-state index is 11.4. The van der Waals surface area contributed by atoms with Crippen molar-refractivity contribution >= 4 is 17.7 Å². The third-order valence-corrected chi connectivity index (χ3v) is 3.16. The molecule has 16 heavy (non-hydrogen) atoms. The van der Waals surface area contributed by atoms with Gasteiger partial charge in [-0.3, -0.25) is 4.79 Å². The van der Waals surface area contributed by atoms with Gasteiger partial charge in [0.2, 0.25) is 5.91 Å². The number of nitrogens with two attached hydrogens (primary N) is 1. The molecule has 0 fully saturated rings. The highest BCUT2D eigenvalue weighted by atomic mass is 32.2. The Labute approximate surface area is 100.0 Å². The van der Waals surface area contributed by atoms with E-state index in [9.17, 15) is 4.79 Å². The topological polar surface area (TPSA) is 68.3 Å². The van der Waals surface area contributed by atoms with Crippen molar-refractivity contribution in [3.63, 3.8) is 0 Å². The molecule has 90 valence electrons. The van der Waals surface area contributed by atoms with Gasteiger partial charge >= 0.3 is 0 Å². The minimum Gasteiger partial charge on any atom is -0.467 e.